The number of amides is 1. The fourth-order valence-electron chi connectivity index (χ4n) is 6.34. The molecule has 43 heavy (non-hydrogen) atoms. The minimum Gasteiger partial charge on any atom is -0.455 e. The molecule has 0 bridgehead atoms. The molecule has 10 nitrogen and oxygen atoms in total. The summed E-state index contributed by atoms with van der Waals surface area (Å²) in [7, 11) is -2.81. The normalized spacial score (nSPS) is 18.8. The number of thiophene rings is 1. The minimum absolute atomic E-state index is 0.00630. The van der Waals surface area contributed by atoms with Gasteiger partial charge in [0.15, 0.2) is 9.84 Å². The summed E-state index contributed by atoms with van der Waals surface area (Å²) in [6.07, 6.45) is 7.57. The van der Waals surface area contributed by atoms with E-state index in [1.165, 1.54) is 5.56 Å². The lowest BCUT2D eigenvalue weighted by atomic mass is 9.83. The Labute approximate surface area is 254 Å². The summed E-state index contributed by atoms with van der Waals surface area (Å²) in [6.45, 7) is 7.36. The maximum Gasteiger partial charge on any atom is 0.246 e. The zero-order chi connectivity index (χ0) is 29.8. The van der Waals surface area contributed by atoms with Crippen LogP contribution in [0.1, 0.15) is 21.7 Å². The first-order chi connectivity index (χ1) is 20.7. The highest BCUT2D eigenvalue weighted by molar-refractivity contribution is 7.92. The summed E-state index contributed by atoms with van der Waals surface area (Å²) in [5.41, 5.74) is 3.98. The van der Waals surface area contributed by atoms with Gasteiger partial charge in [-0.1, -0.05) is 6.08 Å². The third-order valence-electron chi connectivity index (χ3n) is 8.29. The highest BCUT2D eigenvalue weighted by Crippen LogP contribution is 2.41. The molecule has 1 N–H and O–H groups in total. The molecule has 3 aliphatic heterocycles. The Morgan fingerprint density at radius 2 is 1.98 bits per heavy atom. The number of rotatable bonds is 7. The van der Waals surface area contributed by atoms with Crippen molar-refractivity contribution in [3.8, 4) is 11.5 Å². The number of likely N-dealkylation sites (tertiary alicyclic amines) is 1. The van der Waals surface area contributed by atoms with Crippen LogP contribution in [-0.4, -0.2) is 76.8 Å². The number of pyridine rings is 1. The van der Waals surface area contributed by atoms with E-state index in [1.54, 1.807) is 29.9 Å². The molecular weight excluding hydrogens is 585 g/mol. The highest BCUT2D eigenvalue weighted by atomic mass is 32.2. The van der Waals surface area contributed by atoms with Gasteiger partial charge in [0.25, 0.3) is 0 Å². The first-order valence-corrected chi connectivity index (χ1v) is 16.9. The standard InChI is InChI=1S/C31H32N6O4S2/c1-20-12-22(6-8-25(20)41-23-7-5-21(2)32-13-23)35-29-28-24-9-11-37(14-26(24)42-30(28)34-19-33-29)27(38)4-3-10-36-15-31(16-36)17-43(39,40)18-31/h3-8,12-13,19H,9-11,14-18H2,1-2H3,(H,33,34,35)/b4-3+. The van der Waals surface area contributed by atoms with Crippen LogP contribution < -0.4 is 10.1 Å². The molecule has 12 heteroatoms. The third-order valence-corrected chi connectivity index (χ3v) is 11.5. The van der Waals surface area contributed by atoms with Gasteiger partial charge >= 0.3 is 0 Å². The van der Waals surface area contributed by atoms with Crippen LogP contribution in [0.25, 0.3) is 10.2 Å². The van der Waals surface area contributed by atoms with Crippen LogP contribution in [-0.2, 0) is 27.6 Å². The van der Waals surface area contributed by atoms with E-state index < -0.39 is 9.84 Å². The number of fused-ring (bicyclic) bond motifs is 3. The maximum atomic E-state index is 13.0. The Kier molecular flexibility index (Phi) is 6.94. The quantitative estimate of drug-likeness (QED) is 0.301. The number of nitrogens with zero attached hydrogens (tertiary/aromatic N) is 5. The molecular formula is C31H32N6O4S2. The van der Waals surface area contributed by atoms with Crippen LogP contribution in [0.5, 0.6) is 11.5 Å². The van der Waals surface area contributed by atoms with Gasteiger partial charge in [-0.05, 0) is 61.7 Å². The van der Waals surface area contributed by atoms with E-state index in [1.807, 2.05) is 55.2 Å². The highest BCUT2D eigenvalue weighted by Gasteiger charge is 2.55. The molecule has 1 spiro atoms. The molecule has 4 aromatic rings. The second-order valence-electron chi connectivity index (χ2n) is 11.9. The summed E-state index contributed by atoms with van der Waals surface area (Å²) < 4.78 is 29.0. The molecule has 0 radical (unpaired) electrons. The number of sulfone groups is 1. The summed E-state index contributed by atoms with van der Waals surface area (Å²) in [4.78, 5) is 32.5. The largest absolute Gasteiger partial charge is 0.455 e. The molecule has 2 fully saturated rings. The number of nitrogens with one attached hydrogen (secondary N) is 1. The van der Waals surface area contributed by atoms with E-state index >= 15 is 0 Å². The number of benzene rings is 1. The predicted molar refractivity (Wildman–Crippen MR) is 167 cm³/mol. The maximum absolute atomic E-state index is 13.0. The lowest BCUT2D eigenvalue weighted by molar-refractivity contribution is -0.126. The van der Waals surface area contributed by atoms with Crippen LogP contribution in [0.15, 0.2) is 55.0 Å². The van der Waals surface area contributed by atoms with E-state index in [4.69, 9.17) is 4.74 Å². The summed E-state index contributed by atoms with van der Waals surface area (Å²) >= 11 is 1.61. The van der Waals surface area contributed by atoms with Gasteiger partial charge in [0.2, 0.25) is 5.91 Å². The van der Waals surface area contributed by atoms with E-state index in [2.05, 4.69) is 25.2 Å². The number of carbonyl (C=O) groups is 1. The Hall–Kier alpha value is -3.87. The Morgan fingerprint density at radius 3 is 2.72 bits per heavy atom. The number of aryl methyl sites for hydroxylation is 2. The molecule has 0 unspecified atom stereocenters. The number of hydrogen-bond donors (Lipinski definition) is 1. The topological polar surface area (TPSA) is 118 Å². The van der Waals surface area contributed by atoms with Gasteiger partial charge in [-0.2, -0.15) is 0 Å². The summed E-state index contributed by atoms with van der Waals surface area (Å²) in [5.74, 6) is 2.81. The van der Waals surface area contributed by atoms with E-state index in [9.17, 15) is 13.2 Å². The molecule has 0 aliphatic carbocycles. The van der Waals surface area contributed by atoms with Crippen LogP contribution >= 0.6 is 11.3 Å². The molecule has 7 rings (SSSR count). The molecule has 222 valence electrons. The van der Waals surface area contributed by atoms with Crippen molar-refractivity contribution in [3.05, 3.63) is 76.7 Å². The predicted octanol–water partition coefficient (Wildman–Crippen LogP) is 4.41. The zero-order valence-corrected chi connectivity index (χ0v) is 25.7. The van der Waals surface area contributed by atoms with E-state index in [0.717, 1.165) is 63.1 Å². The number of carbonyl (C=O) groups excluding carboxylic acids is 1. The van der Waals surface area contributed by atoms with Crippen molar-refractivity contribution in [2.24, 2.45) is 5.41 Å². The number of ether oxygens (including phenoxy) is 1. The van der Waals surface area contributed by atoms with Crippen molar-refractivity contribution < 1.29 is 17.9 Å². The number of aromatic nitrogens is 3. The molecule has 6 heterocycles. The Bertz CT molecular complexity index is 1850. The second-order valence-corrected chi connectivity index (χ2v) is 15.0. The average Bonchev–Trinajstić information content (AvgIpc) is 3.32. The average molecular weight is 617 g/mol. The first-order valence-electron chi connectivity index (χ1n) is 14.3. The lowest BCUT2D eigenvalue weighted by Gasteiger charge is -2.54. The Balaban J connectivity index is 1.000. The van der Waals surface area contributed by atoms with Gasteiger partial charge in [0.1, 0.15) is 28.5 Å². The molecule has 0 saturated carbocycles. The van der Waals surface area contributed by atoms with E-state index in [-0.39, 0.29) is 11.3 Å². The van der Waals surface area contributed by atoms with Crippen molar-refractivity contribution in [1.82, 2.24) is 24.8 Å². The van der Waals surface area contributed by atoms with Gasteiger partial charge in [0, 0.05) is 53.9 Å². The first kappa shape index (κ1) is 27.9. The van der Waals surface area contributed by atoms with Crippen molar-refractivity contribution in [1.29, 1.82) is 0 Å². The summed E-state index contributed by atoms with van der Waals surface area (Å²) in [5, 5.41) is 4.50. The number of hydrogen-bond acceptors (Lipinski definition) is 10. The van der Waals surface area contributed by atoms with Gasteiger partial charge < -0.3 is 15.0 Å². The van der Waals surface area contributed by atoms with Crippen LogP contribution in [0.2, 0.25) is 0 Å². The van der Waals surface area contributed by atoms with Crippen LogP contribution in [0.3, 0.4) is 0 Å². The van der Waals surface area contributed by atoms with Crippen LogP contribution in [0, 0.1) is 19.3 Å². The fraction of sp³-hybridized carbons (Fsp3) is 0.355. The van der Waals surface area contributed by atoms with Gasteiger partial charge in [-0.3, -0.25) is 14.7 Å². The van der Waals surface area contributed by atoms with Crippen molar-refractivity contribution in [2.45, 2.75) is 26.8 Å². The van der Waals surface area contributed by atoms with Gasteiger partial charge in [-0.25, -0.2) is 18.4 Å². The molecule has 2 saturated heterocycles. The molecule has 3 aromatic heterocycles. The second kappa shape index (κ2) is 10.7. The smallest absolute Gasteiger partial charge is 0.246 e. The van der Waals surface area contributed by atoms with Crippen molar-refractivity contribution in [2.75, 3.05) is 43.0 Å². The number of anilines is 2. The zero-order valence-electron chi connectivity index (χ0n) is 24.0. The van der Waals surface area contributed by atoms with E-state index in [0.29, 0.717) is 36.9 Å². The fourth-order valence-corrected chi connectivity index (χ4v) is 9.69. The van der Waals surface area contributed by atoms with Crippen LogP contribution in [0.4, 0.5) is 11.5 Å². The molecule has 0 atom stereocenters. The monoisotopic (exact) mass is 616 g/mol. The minimum atomic E-state index is -2.81. The van der Waals surface area contributed by atoms with Gasteiger partial charge in [0.05, 0.1) is 29.6 Å². The Morgan fingerprint density at radius 1 is 1.14 bits per heavy atom. The SMILES string of the molecule is Cc1ccc(Oc2ccc(Nc3ncnc4sc5c(c34)CCN(C(=O)/C=C/CN3CC4(C3)CS(=O)(=O)C4)C5)cc2C)cn1. The molecule has 1 aromatic carbocycles. The van der Waals surface area contributed by atoms with Gasteiger partial charge in [-0.15, -0.1) is 11.3 Å². The molecule has 1 amide bonds. The summed E-state index contributed by atoms with van der Waals surface area (Å²) in [6, 6.07) is 9.77. The van der Waals surface area contributed by atoms with Crippen molar-refractivity contribution in [3.63, 3.8) is 0 Å². The molecule has 3 aliphatic rings. The lowest BCUT2D eigenvalue weighted by Crippen LogP contribution is -2.68. The van der Waals surface area contributed by atoms with Crippen molar-refractivity contribution >= 4 is 48.8 Å². The third kappa shape index (κ3) is 5.62.